The van der Waals surface area contributed by atoms with Crippen LogP contribution in [-0.4, -0.2) is 9.55 Å². The molecular formula is C13H8ClF3N2S2. The first-order chi connectivity index (χ1) is 9.84. The van der Waals surface area contributed by atoms with Gasteiger partial charge in [-0.1, -0.05) is 11.6 Å². The van der Waals surface area contributed by atoms with E-state index in [2.05, 4.69) is 4.98 Å². The predicted octanol–water partition coefficient (Wildman–Crippen LogP) is 5.48. The van der Waals surface area contributed by atoms with Crippen molar-refractivity contribution < 1.29 is 13.2 Å². The Morgan fingerprint density at radius 2 is 2.00 bits per heavy atom. The van der Waals surface area contributed by atoms with Gasteiger partial charge in [-0.25, -0.2) is 0 Å². The highest BCUT2D eigenvalue weighted by atomic mass is 35.5. The fourth-order valence-electron chi connectivity index (χ4n) is 2.09. The smallest absolute Gasteiger partial charge is 0.331 e. The van der Waals surface area contributed by atoms with Crippen LogP contribution in [0.4, 0.5) is 13.2 Å². The Kier molecular flexibility index (Phi) is 3.59. The van der Waals surface area contributed by atoms with Gasteiger partial charge in [-0.15, -0.1) is 11.3 Å². The zero-order valence-corrected chi connectivity index (χ0v) is 12.8. The molecule has 0 spiro atoms. The third-order valence-electron chi connectivity index (χ3n) is 3.04. The number of benzene rings is 1. The fourth-order valence-corrected chi connectivity index (χ4v) is 3.44. The second kappa shape index (κ2) is 5.15. The quantitative estimate of drug-likeness (QED) is 0.608. The van der Waals surface area contributed by atoms with Crippen molar-refractivity contribution in [2.75, 3.05) is 0 Å². The monoisotopic (exact) mass is 348 g/mol. The van der Waals surface area contributed by atoms with Crippen molar-refractivity contribution in [2.45, 2.75) is 12.7 Å². The van der Waals surface area contributed by atoms with Crippen LogP contribution in [0.3, 0.4) is 0 Å². The summed E-state index contributed by atoms with van der Waals surface area (Å²) < 4.78 is 40.9. The number of imidazole rings is 1. The molecule has 0 unspecified atom stereocenters. The molecular weight excluding hydrogens is 341 g/mol. The molecule has 0 aliphatic heterocycles. The third-order valence-corrected chi connectivity index (χ3v) is 4.58. The fraction of sp³-hybridized carbons (Fsp3) is 0.154. The lowest BCUT2D eigenvalue weighted by Crippen LogP contribution is -2.04. The molecule has 1 aromatic carbocycles. The summed E-state index contributed by atoms with van der Waals surface area (Å²) in [7, 11) is 0. The predicted molar refractivity (Wildman–Crippen MR) is 80.6 cm³/mol. The zero-order valence-electron chi connectivity index (χ0n) is 10.4. The van der Waals surface area contributed by atoms with Gasteiger partial charge in [-0.05, 0) is 42.5 Å². The number of alkyl halides is 3. The molecule has 3 aromatic rings. The van der Waals surface area contributed by atoms with Crippen LogP contribution in [0.2, 0.25) is 4.34 Å². The van der Waals surface area contributed by atoms with E-state index in [4.69, 9.17) is 23.8 Å². The summed E-state index contributed by atoms with van der Waals surface area (Å²) in [6.07, 6.45) is -4.37. The van der Waals surface area contributed by atoms with Crippen molar-refractivity contribution >= 4 is 46.2 Å². The van der Waals surface area contributed by atoms with E-state index in [-0.39, 0.29) is 0 Å². The maximum Gasteiger partial charge on any atom is 0.416 e. The van der Waals surface area contributed by atoms with Gasteiger partial charge < -0.3 is 9.55 Å². The van der Waals surface area contributed by atoms with Crippen LogP contribution in [0, 0.1) is 4.77 Å². The number of thiophene rings is 1. The summed E-state index contributed by atoms with van der Waals surface area (Å²) in [5.74, 6) is 0. The first kappa shape index (κ1) is 14.6. The minimum absolute atomic E-state index is 0.373. The lowest BCUT2D eigenvalue weighted by atomic mass is 10.2. The molecule has 2 nitrogen and oxygen atoms in total. The number of rotatable bonds is 2. The molecule has 0 bridgehead atoms. The van der Waals surface area contributed by atoms with Crippen molar-refractivity contribution in [1.29, 1.82) is 0 Å². The Hall–Kier alpha value is -1.31. The molecule has 0 fully saturated rings. The number of hydrogen-bond acceptors (Lipinski definition) is 2. The van der Waals surface area contributed by atoms with Crippen LogP contribution in [0.1, 0.15) is 10.4 Å². The Balaban J connectivity index is 2.07. The van der Waals surface area contributed by atoms with Gasteiger partial charge in [-0.2, -0.15) is 13.2 Å². The highest BCUT2D eigenvalue weighted by Gasteiger charge is 2.30. The van der Waals surface area contributed by atoms with Gasteiger partial charge in [0.05, 0.1) is 27.5 Å². The minimum atomic E-state index is -4.37. The number of nitrogens with zero attached hydrogens (tertiary/aromatic N) is 1. The summed E-state index contributed by atoms with van der Waals surface area (Å²) in [5.41, 5.74) is 0.313. The average Bonchev–Trinajstić information content (AvgIpc) is 2.93. The molecule has 1 N–H and O–H groups in total. The van der Waals surface area contributed by atoms with E-state index in [0.29, 0.717) is 26.7 Å². The molecule has 2 aromatic heterocycles. The molecule has 0 amide bonds. The third kappa shape index (κ3) is 2.86. The molecule has 0 radical (unpaired) electrons. The normalized spacial score (nSPS) is 12.2. The van der Waals surface area contributed by atoms with Crippen LogP contribution < -0.4 is 0 Å². The zero-order chi connectivity index (χ0) is 15.2. The van der Waals surface area contributed by atoms with Gasteiger partial charge >= 0.3 is 6.18 Å². The van der Waals surface area contributed by atoms with Crippen molar-refractivity contribution in [3.8, 4) is 0 Å². The second-order valence-electron chi connectivity index (χ2n) is 4.45. The van der Waals surface area contributed by atoms with Gasteiger partial charge in [0.1, 0.15) is 0 Å². The number of fused-ring (bicyclic) bond motifs is 1. The van der Waals surface area contributed by atoms with Gasteiger partial charge in [0.15, 0.2) is 4.77 Å². The summed E-state index contributed by atoms with van der Waals surface area (Å²) in [5, 5.41) is 0. The van der Waals surface area contributed by atoms with Crippen LogP contribution in [-0.2, 0) is 12.7 Å². The number of hydrogen-bond donors (Lipinski definition) is 1. The van der Waals surface area contributed by atoms with Crippen molar-refractivity contribution in [1.82, 2.24) is 9.55 Å². The van der Waals surface area contributed by atoms with Gasteiger partial charge in [-0.3, -0.25) is 0 Å². The largest absolute Gasteiger partial charge is 0.416 e. The summed E-state index contributed by atoms with van der Waals surface area (Å²) in [6, 6.07) is 7.21. The molecule has 0 saturated carbocycles. The first-order valence-corrected chi connectivity index (χ1v) is 7.49. The van der Waals surface area contributed by atoms with Crippen LogP contribution in [0.15, 0.2) is 30.3 Å². The minimum Gasteiger partial charge on any atom is -0.331 e. The number of halogens is 4. The van der Waals surface area contributed by atoms with Gasteiger partial charge in [0.25, 0.3) is 0 Å². The SMILES string of the molecule is FC(F)(F)c1ccc2c(c1)[nH]c(=S)n2Cc1ccc(Cl)s1. The van der Waals surface area contributed by atoms with Crippen molar-refractivity contribution in [3.05, 3.63) is 49.9 Å². The highest BCUT2D eigenvalue weighted by molar-refractivity contribution is 7.71. The Morgan fingerprint density at radius 3 is 2.62 bits per heavy atom. The van der Waals surface area contributed by atoms with Crippen LogP contribution in [0.5, 0.6) is 0 Å². The topological polar surface area (TPSA) is 20.7 Å². The molecule has 21 heavy (non-hydrogen) atoms. The molecule has 0 saturated heterocycles. The van der Waals surface area contributed by atoms with Gasteiger partial charge in [0.2, 0.25) is 0 Å². The lowest BCUT2D eigenvalue weighted by Gasteiger charge is -2.07. The van der Waals surface area contributed by atoms with Gasteiger partial charge in [0, 0.05) is 4.88 Å². The molecule has 2 heterocycles. The van der Waals surface area contributed by atoms with E-state index in [0.717, 1.165) is 17.0 Å². The van der Waals surface area contributed by atoms with E-state index in [1.807, 2.05) is 6.07 Å². The second-order valence-corrected chi connectivity index (χ2v) is 6.64. The Bertz CT molecular complexity index is 860. The summed E-state index contributed by atoms with van der Waals surface area (Å²) in [4.78, 5) is 3.80. The maximum absolute atomic E-state index is 12.7. The molecule has 0 aliphatic rings. The van der Waals surface area contributed by atoms with Crippen molar-refractivity contribution in [2.24, 2.45) is 0 Å². The van der Waals surface area contributed by atoms with E-state index < -0.39 is 11.7 Å². The molecule has 110 valence electrons. The van der Waals surface area contributed by atoms with E-state index in [1.54, 1.807) is 10.6 Å². The Morgan fingerprint density at radius 1 is 1.24 bits per heavy atom. The van der Waals surface area contributed by atoms with E-state index in [9.17, 15) is 13.2 Å². The van der Waals surface area contributed by atoms with E-state index in [1.165, 1.54) is 17.4 Å². The number of H-pyrrole nitrogens is 1. The van der Waals surface area contributed by atoms with E-state index >= 15 is 0 Å². The Labute approximate surface area is 131 Å². The number of aromatic amines is 1. The number of aromatic nitrogens is 2. The lowest BCUT2D eigenvalue weighted by molar-refractivity contribution is -0.137. The first-order valence-electron chi connectivity index (χ1n) is 5.88. The summed E-state index contributed by atoms with van der Waals surface area (Å²) in [6.45, 7) is 0.474. The summed E-state index contributed by atoms with van der Waals surface area (Å²) >= 11 is 12.5. The standard InChI is InChI=1S/C13H8ClF3N2S2/c14-11-4-2-8(21-11)6-19-10-3-1-7(13(15,16)17)5-9(10)18-12(19)20/h1-5H,6H2,(H,18,20). The molecule has 3 rings (SSSR count). The highest BCUT2D eigenvalue weighted by Crippen LogP contribution is 2.31. The van der Waals surface area contributed by atoms with Crippen molar-refractivity contribution in [3.63, 3.8) is 0 Å². The van der Waals surface area contributed by atoms with Crippen LogP contribution in [0.25, 0.3) is 11.0 Å². The number of nitrogens with one attached hydrogen (secondary N) is 1. The maximum atomic E-state index is 12.7. The average molecular weight is 349 g/mol. The molecule has 0 atom stereocenters. The molecule has 8 heteroatoms. The van der Waals surface area contributed by atoms with Crippen LogP contribution >= 0.6 is 35.2 Å². The molecule has 0 aliphatic carbocycles.